The largest absolute Gasteiger partial charge is 0.299 e. The van der Waals surface area contributed by atoms with Gasteiger partial charge in [0.2, 0.25) is 0 Å². The van der Waals surface area contributed by atoms with E-state index in [1.54, 1.807) is 0 Å². The van der Waals surface area contributed by atoms with Gasteiger partial charge in [0.15, 0.2) is 5.43 Å². The summed E-state index contributed by atoms with van der Waals surface area (Å²) >= 11 is 1.81. The van der Waals surface area contributed by atoms with Gasteiger partial charge in [-0.2, -0.15) is 0 Å². The molecule has 22 heavy (non-hydrogen) atoms. The third-order valence-electron chi connectivity index (χ3n) is 4.34. The summed E-state index contributed by atoms with van der Waals surface area (Å²) in [6.07, 6.45) is 6.21. The zero-order valence-electron chi connectivity index (χ0n) is 13.1. The van der Waals surface area contributed by atoms with E-state index in [1.165, 1.54) is 30.6 Å². The number of halogens is 1. The van der Waals surface area contributed by atoms with Gasteiger partial charge in [-0.1, -0.05) is 38.3 Å². The van der Waals surface area contributed by atoms with Crippen molar-refractivity contribution in [1.29, 1.82) is 0 Å². The molecule has 2 nitrogen and oxygen atoms in total. The zero-order valence-corrected chi connectivity index (χ0v) is 14.8. The van der Waals surface area contributed by atoms with E-state index in [0.29, 0.717) is 0 Å². The number of unbranched alkanes of at least 4 members (excludes halogenated alkanes) is 3. The maximum Gasteiger partial charge on any atom is 0.192 e. The van der Waals surface area contributed by atoms with Crippen LogP contribution in [0.1, 0.15) is 43.0 Å². The summed E-state index contributed by atoms with van der Waals surface area (Å²) < 4.78 is 1.14. The number of rotatable bonds is 5. The van der Waals surface area contributed by atoms with Crippen LogP contribution in [0.25, 0.3) is 10.1 Å². The lowest BCUT2D eigenvalue weighted by molar-refractivity contribution is 0.249. The molecule has 0 aliphatic carbocycles. The van der Waals surface area contributed by atoms with Gasteiger partial charge in [-0.25, -0.2) is 0 Å². The highest BCUT2D eigenvalue weighted by molar-refractivity contribution is 7.18. The van der Waals surface area contributed by atoms with E-state index < -0.39 is 0 Å². The van der Waals surface area contributed by atoms with Crippen molar-refractivity contribution in [2.75, 3.05) is 13.1 Å². The summed E-state index contributed by atoms with van der Waals surface area (Å²) in [5.41, 5.74) is 1.32. The van der Waals surface area contributed by atoms with Crippen molar-refractivity contribution in [3.8, 4) is 0 Å². The Hall–Kier alpha value is -0.900. The molecule has 0 fully saturated rings. The van der Waals surface area contributed by atoms with Crippen LogP contribution in [0, 0.1) is 0 Å². The number of fused-ring (bicyclic) bond motifs is 2. The van der Waals surface area contributed by atoms with E-state index >= 15 is 0 Å². The Morgan fingerprint density at radius 2 is 2.00 bits per heavy atom. The van der Waals surface area contributed by atoms with Crippen LogP contribution in [0.5, 0.6) is 0 Å². The molecule has 0 amide bonds. The highest BCUT2D eigenvalue weighted by Gasteiger charge is 2.20. The normalized spacial score (nSPS) is 14.6. The highest BCUT2D eigenvalue weighted by atomic mass is 35.5. The first-order valence-corrected chi connectivity index (χ1v) is 8.87. The van der Waals surface area contributed by atoms with Crippen LogP contribution in [-0.4, -0.2) is 18.0 Å². The summed E-state index contributed by atoms with van der Waals surface area (Å²) in [4.78, 5) is 16.4. The van der Waals surface area contributed by atoms with Crippen LogP contribution < -0.4 is 5.43 Å². The molecule has 3 rings (SSSR count). The molecule has 2 heterocycles. The van der Waals surface area contributed by atoms with Crippen LogP contribution >= 0.6 is 23.7 Å². The Labute approximate surface area is 142 Å². The Bertz CT molecular complexity index is 682. The topological polar surface area (TPSA) is 20.3 Å². The molecular formula is C18H24ClNOS. The quantitative estimate of drug-likeness (QED) is 0.742. The Morgan fingerprint density at radius 3 is 2.82 bits per heavy atom. The fourth-order valence-electron chi connectivity index (χ4n) is 3.10. The van der Waals surface area contributed by atoms with Crippen molar-refractivity contribution in [2.24, 2.45) is 0 Å². The van der Waals surface area contributed by atoms with Gasteiger partial charge in [0.25, 0.3) is 0 Å². The molecule has 0 bridgehead atoms. The third kappa shape index (κ3) is 3.70. The summed E-state index contributed by atoms with van der Waals surface area (Å²) in [5.74, 6) is 0. The molecule has 1 aliphatic heterocycles. The van der Waals surface area contributed by atoms with Gasteiger partial charge in [-0.05, 0) is 31.5 Å². The molecular weight excluding hydrogens is 314 g/mol. The van der Waals surface area contributed by atoms with Crippen molar-refractivity contribution in [2.45, 2.75) is 45.6 Å². The van der Waals surface area contributed by atoms with Crippen LogP contribution in [0.15, 0.2) is 29.1 Å². The molecule has 4 heteroatoms. The summed E-state index contributed by atoms with van der Waals surface area (Å²) in [6, 6.07) is 8.02. The third-order valence-corrected chi connectivity index (χ3v) is 5.61. The second-order valence-electron chi connectivity index (χ2n) is 5.92. The number of hydrogen-bond donors (Lipinski definition) is 0. The van der Waals surface area contributed by atoms with Gasteiger partial charge in [0, 0.05) is 33.6 Å². The first kappa shape index (κ1) is 17.5. The summed E-state index contributed by atoms with van der Waals surface area (Å²) in [6.45, 7) is 5.33. The van der Waals surface area contributed by atoms with Crippen LogP contribution in [0.2, 0.25) is 0 Å². The minimum Gasteiger partial charge on any atom is -0.299 e. The van der Waals surface area contributed by atoms with Gasteiger partial charge in [0.05, 0.1) is 0 Å². The van der Waals surface area contributed by atoms with Crippen LogP contribution in [0.3, 0.4) is 0 Å². The lowest BCUT2D eigenvalue weighted by Crippen LogP contribution is -2.34. The number of benzene rings is 1. The van der Waals surface area contributed by atoms with Crippen molar-refractivity contribution in [3.63, 3.8) is 0 Å². The Balaban J connectivity index is 0.00000176. The Morgan fingerprint density at radius 1 is 1.18 bits per heavy atom. The van der Waals surface area contributed by atoms with E-state index in [0.717, 1.165) is 41.7 Å². The summed E-state index contributed by atoms with van der Waals surface area (Å²) in [7, 11) is 0. The van der Waals surface area contributed by atoms with Crippen molar-refractivity contribution in [3.05, 3.63) is 44.9 Å². The van der Waals surface area contributed by atoms with Crippen molar-refractivity contribution in [1.82, 2.24) is 4.90 Å². The smallest absolute Gasteiger partial charge is 0.192 e. The average Bonchev–Trinajstić information content (AvgIpc) is 2.52. The second-order valence-corrected chi connectivity index (χ2v) is 7.05. The lowest BCUT2D eigenvalue weighted by Gasteiger charge is -2.28. The first-order valence-electron chi connectivity index (χ1n) is 8.05. The van der Waals surface area contributed by atoms with Gasteiger partial charge in [-0.15, -0.1) is 23.7 Å². The first-order chi connectivity index (χ1) is 10.3. The van der Waals surface area contributed by atoms with E-state index in [2.05, 4.69) is 17.9 Å². The zero-order chi connectivity index (χ0) is 14.7. The monoisotopic (exact) mass is 337 g/mol. The minimum absolute atomic E-state index is 0. The molecule has 0 N–H and O–H groups in total. The molecule has 2 aromatic rings. The number of nitrogens with zero attached hydrogens (tertiary/aromatic N) is 1. The van der Waals surface area contributed by atoms with E-state index in [1.807, 2.05) is 29.5 Å². The maximum absolute atomic E-state index is 12.7. The van der Waals surface area contributed by atoms with Gasteiger partial charge in [-0.3, -0.25) is 9.69 Å². The van der Waals surface area contributed by atoms with Crippen LogP contribution in [-0.2, 0) is 13.0 Å². The Kier molecular flexibility index (Phi) is 6.42. The van der Waals surface area contributed by atoms with Gasteiger partial charge < -0.3 is 0 Å². The van der Waals surface area contributed by atoms with E-state index in [9.17, 15) is 4.79 Å². The molecule has 1 aliphatic rings. The predicted molar refractivity (Wildman–Crippen MR) is 98.5 cm³/mol. The molecule has 120 valence electrons. The molecule has 0 saturated heterocycles. The minimum atomic E-state index is 0. The molecule has 1 aromatic heterocycles. The molecule has 0 radical (unpaired) electrons. The molecule has 0 saturated carbocycles. The molecule has 0 spiro atoms. The van der Waals surface area contributed by atoms with E-state index in [4.69, 9.17) is 0 Å². The predicted octanol–water partition coefficient (Wildman–Crippen LogP) is 4.62. The van der Waals surface area contributed by atoms with Crippen molar-refractivity contribution >= 4 is 33.8 Å². The molecule has 0 atom stereocenters. The van der Waals surface area contributed by atoms with Crippen LogP contribution in [0.4, 0.5) is 0 Å². The fourth-order valence-corrected chi connectivity index (χ4v) is 4.26. The second kappa shape index (κ2) is 8.09. The van der Waals surface area contributed by atoms with Gasteiger partial charge >= 0.3 is 0 Å². The maximum atomic E-state index is 12.7. The SMILES string of the molecule is CCCCCCN1CCc2sc3ccccc3c(=O)c2C1.Cl. The van der Waals surface area contributed by atoms with Crippen molar-refractivity contribution < 1.29 is 0 Å². The highest BCUT2D eigenvalue weighted by Crippen LogP contribution is 2.26. The number of hydrogen-bond acceptors (Lipinski definition) is 3. The average molecular weight is 338 g/mol. The standard InChI is InChI=1S/C18H23NOS.ClH/c1-2-3-4-7-11-19-12-10-17-15(13-19)18(20)14-8-5-6-9-16(14)21-17;/h5-6,8-9H,2-4,7,10-13H2,1H3;1H. The molecule has 0 unspecified atom stereocenters. The lowest BCUT2D eigenvalue weighted by atomic mass is 10.1. The fraction of sp³-hybridized carbons (Fsp3) is 0.500. The van der Waals surface area contributed by atoms with Gasteiger partial charge in [0.1, 0.15) is 0 Å². The van der Waals surface area contributed by atoms with E-state index in [-0.39, 0.29) is 17.8 Å². The molecule has 1 aromatic carbocycles. The summed E-state index contributed by atoms with van der Waals surface area (Å²) in [5, 5.41) is 0.897.